The number of fused-ring (bicyclic) bond motifs is 1. The Labute approximate surface area is 152 Å². The first-order chi connectivity index (χ1) is 12.0. The Morgan fingerprint density at radius 2 is 1.40 bits per heavy atom. The molecular formula is C19H32N2O3S. The Bertz CT molecular complexity index is 605. The fourth-order valence-electron chi connectivity index (χ4n) is 2.75. The molecule has 0 saturated carbocycles. The number of hydrogen-bond donors (Lipinski definition) is 2. The van der Waals surface area contributed by atoms with Gasteiger partial charge in [-0.05, 0) is 25.1 Å². The molecule has 0 spiro atoms. The first kappa shape index (κ1) is 21.6. The first-order valence-corrected chi connectivity index (χ1v) is 10.9. The summed E-state index contributed by atoms with van der Waals surface area (Å²) in [5.41, 5.74) is 5.64. The van der Waals surface area contributed by atoms with E-state index in [-0.39, 0.29) is 10.5 Å². The number of sulfonamides is 1. The molecule has 0 fully saturated rings. The molecule has 0 radical (unpaired) electrons. The highest BCUT2D eigenvalue weighted by Gasteiger charge is 2.31. The average Bonchev–Trinajstić information content (AvgIpc) is 2.84. The van der Waals surface area contributed by atoms with Crippen molar-refractivity contribution >= 4 is 15.9 Å². The highest BCUT2D eigenvalue weighted by Crippen LogP contribution is 2.20. The molecule has 1 aliphatic rings. The van der Waals surface area contributed by atoms with E-state index in [2.05, 4.69) is 6.92 Å². The zero-order valence-electron chi connectivity index (χ0n) is 15.3. The Balaban J connectivity index is 0.000000250. The maximum absolute atomic E-state index is 11.1. The topological polar surface area (TPSA) is 89.3 Å². The van der Waals surface area contributed by atoms with Crippen LogP contribution in [0.15, 0.2) is 29.2 Å². The third-order valence-corrected chi connectivity index (χ3v) is 5.60. The van der Waals surface area contributed by atoms with Gasteiger partial charge in [0.05, 0.1) is 5.56 Å². The van der Waals surface area contributed by atoms with Crippen LogP contribution in [0.5, 0.6) is 0 Å². The van der Waals surface area contributed by atoms with Crippen LogP contribution in [0.2, 0.25) is 0 Å². The molecule has 1 aromatic rings. The van der Waals surface area contributed by atoms with Crippen LogP contribution in [-0.2, 0) is 10.0 Å². The summed E-state index contributed by atoms with van der Waals surface area (Å²) in [6.45, 7) is 3.14. The molecule has 2 rings (SSSR count). The summed E-state index contributed by atoms with van der Waals surface area (Å²) in [6, 6.07) is 6.09. The summed E-state index contributed by atoms with van der Waals surface area (Å²) in [7, 11) is -3.55. The van der Waals surface area contributed by atoms with E-state index in [0.717, 1.165) is 6.54 Å². The van der Waals surface area contributed by atoms with E-state index in [4.69, 9.17) is 5.73 Å². The number of amides is 1. The van der Waals surface area contributed by atoms with E-state index in [9.17, 15) is 13.2 Å². The highest BCUT2D eigenvalue weighted by molar-refractivity contribution is 7.90. The molecular weight excluding hydrogens is 336 g/mol. The smallest absolute Gasteiger partial charge is 0.266 e. The number of carbonyl (C=O) groups is 1. The van der Waals surface area contributed by atoms with Crippen LogP contribution >= 0.6 is 0 Å². The number of nitrogens with two attached hydrogens (primary N) is 1. The molecule has 1 amide bonds. The summed E-state index contributed by atoms with van der Waals surface area (Å²) in [5.74, 6) is -0.550. The van der Waals surface area contributed by atoms with Crippen molar-refractivity contribution in [2.75, 3.05) is 6.54 Å². The monoisotopic (exact) mass is 368 g/mol. The SMILES string of the molecule is CCCCCCCCCCCCN.O=C1NS(=O)(=O)c2ccccc21. The Hall–Kier alpha value is -1.40. The lowest BCUT2D eigenvalue weighted by atomic mass is 10.1. The molecule has 0 saturated heterocycles. The van der Waals surface area contributed by atoms with Gasteiger partial charge in [-0.3, -0.25) is 4.79 Å². The number of hydrogen-bond acceptors (Lipinski definition) is 4. The molecule has 0 unspecified atom stereocenters. The van der Waals surface area contributed by atoms with Gasteiger partial charge in [0.1, 0.15) is 4.90 Å². The molecule has 1 aromatic carbocycles. The molecule has 0 bridgehead atoms. The Morgan fingerprint density at radius 1 is 0.880 bits per heavy atom. The third kappa shape index (κ3) is 8.01. The minimum Gasteiger partial charge on any atom is -0.330 e. The number of benzene rings is 1. The van der Waals surface area contributed by atoms with Crippen LogP contribution in [0.1, 0.15) is 81.5 Å². The molecule has 142 valence electrons. The summed E-state index contributed by atoms with van der Waals surface area (Å²) >= 11 is 0. The van der Waals surface area contributed by atoms with Crippen LogP contribution in [-0.4, -0.2) is 20.9 Å². The van der Waals surface area contributed by atoms with Crippen molar-refractivity contribution in [1.29, 1.82) is 0 Å². The van der Waals surface area contributed by atoms with Crippen LogP contribution < -0.4 is 10.5 Å². The summed E-state index contributed by atoms with van der Waals surface area (Å²) in [4.78, 5) is 11.1. The van der Waals surface area contributed by atoms with Crippen LogP contribution in [0.4, 0.5) is 0 Å². The van der Waals surface area contributed by atoms with Gasteiger partial charge in [-0.1, -0.05) is 76.8 Å². The molecule has 3 N–H and O–H groups in total. The predicted molar refractivity (Wildman–Crippen MR) is 102 cm³/mol. The molecule has 0 aliphatic carbocycles. The van der Waals surface area contributed by atoms with Gasteiger partial charge in [0.15, 0.2) is 0 Å². The predicted octanol–water partition coefficient (Wildman–Crippen LogP) is 3.98. The summed E-state index contributed by atoms with van der Waals surface area (Å²) < 4.78 is 24.2. The molecule has 1 aliphatic heterocycles. The summed E-state index contributed by atoms with van der Waals surface area (Å²) in [6.07, 6.45) is 13.9. The van der Waals surface area contributed by atoms with E-state index < -0.39 is 15.9 Å². The quantitative estimate of drug-likeness (QED) is 0.611. The van der Waals surface area contributed by atoms with Gasteiger partial charge in [-0.2, -0.15) is 0 Å². The van der Waals surface area contributed by atoms with Gasteiger partial charge in [0.2, 0.25) is 0 Å². The molecule has 25 heavy (non-hydrogen) atoms. The van der Waals surface area contributed by atoms with Crippen molar-refractivity contribution in [3.8, 4) is 0 Å². The van der Waals surface area contributed by atoms with Crippen molar-refractivity contribution in [2.45, 2.75) is 76.0 Å². The average molecular weight is 369 g/mol. The lowest BCUT2D eigenvalue weighted by molar-refractivity contribution is 0.0985. The molecule has 6 heteroatoms. The van der Waals surface area contributed by atoms with Crippen molar-refractivity contribution < 1.29 is 13.2 Å². The Morgan fingerprint density at radius 3 is 1.92 bits per heavy atom. The van der Waals surface area contributed by atoms with Crippen molar-refractivity contribution in [2.24, 2.45) is 5.73 Å². The largest absolute Gasteiger partial charge is 0.330 e. The second-order valence-electron chi connectivity index (χ2n) is 6.40. The minimum atomic E-state index is -3.55. The number of nitrogens with one attached hydrogen (secondary N) is 1. The number of rotatable bonds is 10. The van der Waals surface area contributed by atoms with Gasteiger partial charge in [0, 0.05) is 0 Å². The van der Waals surface area contributed by atoms with Crippen LogP contribution in [0.25, 0.3) is 0 Å². The van der Waals surface area contributed by atoms with E-state index in [1.807, 2.05) is 4.72 Å². The lowest BCUT2D eigenvalue weighted by Crippen LogP contribution is -2.20. The molecule has 0 aromatic heterocycles. The number of carbonyl (C=O) groups excluding carboxylic acids is 1. The summed E-state index contributed by atoms with van der Waals surface area (Å²) in [5, 5.41) is 0. The number of unbranched alkanes of at least 4 members (excludes halogenated alkanes) is 9. The fourth-order valence-corrected chi connectivity index (χ4v) is 3.92. The molecule has 5 nitrogen and oxygen atoms in total. The van der Waals surface area contributed by atoms with E-state index >= 15 is 0 Å². The van der Waals surface area contributed by atoms with Crippen LogP contribution in [0.3, 0.4) is 0 Å². The first-order valence-electron chi connectivity index (χ1n) is 9.39. The normalized spacial score (nSPS) is 14.4. The fraction of sp³-hybridized carbons (Fsp3) is 0.632. The molecule has 0 atom stereocenters. The second-order valence-corrected chi connectivity index (χ2v) is 8.05. The minimum absolute atomic E-state index is 0.0648. The van der Waals surface area contributed by atoms with Crippen molar-refractivity contribution in [3.05, 3.63) is 29.8 Å². The van der Waals surface area contributed by atoms with Gasteiger partial charge >= 0.3 is 0 Å². The van der Waals surface area contributed by atoms with Gasteiger partial charge in [0.25, 0.3) is 15.9 Å². The molecule has 1 heterocycles. The van der Waals surface area contributed by atoms with Gasteiger partial charge < -0.3 is 5.73 Å². The van der Waals surface area contributed by atoms with Crippen LogP contribution in [0, 0.1) is 0 Å². The third-order valence-electron chi connectivity index (χ3n) is 4.21. The Kier molecular flexibility index (Phi) is 10.4. The van der Waals surface area contributed by atoms with E-state index in [0.29, 0.717) is 0 Å². The van der Waals surface area contributed by atoms with Crippen molar-refractivity contribution in [1.82, 2.24) is 4.72 Å². The second kappa shape index (κ2) is 12.0. The van der Waals surface area contributed by atoms with Crippen molar-refractivity contribution in [3.63, 3.8) is 0 Å². The van der Waals surface area contributed by atoms with E-state index in [1.54, 1.807) is 12.1 Å². The van der Waals surface area contributed by atoms with E-state index in [1.165, 1.54) is 76.3 Å². The maximum Gasteiger partial charge on any atom is 0.266 e. The van der Waals surface area contributed by atoms with Gasteiger partial charge in [-0.25, -0.2) is 13.1 Å². The van der Waals surface area contributed by atoms with Gasteiger partial charge in [-0.15, -0.1) is 0 Å². The zero-order valence-corrected chi connectivity index (χ0v) is 16.1. The lowest BCUT2D eigenvalue weighted by Gasteiger charge is -2.00. The highest BCUT2D eigenvalue weighted by atomic mass is 32.2. The maximum atomic E-state index is 11.1. The zero-order chi connectivity index (χ0) is 18.5. The standard InChI is InChI=1S/C12H27N.C7H5NO3S/c1-2-3-4-5-6-7-8-9-10-11-12-13;9-7-5-3-1-2-4-6(5)12(10,11)8-7/h2-13H2,1H3;1-4H,(H,8,9).